The lowest BCUT2D eigenvalue weighted by molar-refractivity contribution is -0.130. The molecule has 7 heteroatoms. The van der Waals surface area contributed by atoms with Gasteiger partial charge in [0.1, 0.15) is 11.8 Å². The number of carbonyl (C=O) groups is 1. The second-order valence-electron chi connectivity index (χ2n) is 5.05. The van der Waals surface area contributed by atoms with Gasteiger partial charge in [0.2, 0.25) is 5.91 Å². The average Bonchev–Trinajstić information content (AvgIpc) is 3.22. The summed E-state index contributed by atoms with van der Waals surface area (Å²) >= 11 is 0. The Hall–Kier alpha value is -2.41. The SMILES string of the molecule is O=C(NCCn1nc(-c2ccco2)ccc1=O)C1CCCO1. The zero-order valence-corrected chi connectivity index (χ0v) is 12.0. The van der Waals surface area contributed by atoms with E-state index in [2.05, 4.69) is 10.4 Å². The standard InChI is InChI=1S/C15H17N3O4/c19-14-6-5-11(12-3-1-9-21-12)17-18(14)8-7-16-15(20)13-4-2-10-22-13/h1,3,5-6,9,13H,2,4,7-8,10H2,(H,16,20). The Morgan fingerprint density at radius 1 is 1.41 bits per heavy atom. The maximum Gasteiger partial charge on any atom is 0.266 e. The summed E-state index contributed by atoms with van der Waals surface area (Å²) in [6.45, 7) is 1.25. The number of ether oxygens (including phenoxy) is 1. The van der Waals surface area contributed by atoms with Crippen molar-refractivity contribution in [3.8, 4) is 11.5 Å². The van der Waals surface area contributed by atoms with Crippen LogP contribution in [0.15, 0.2) is 39.7 Å². The van der Waals surface area contributed by atoms with Gasteiger partial charge in [-0.25, -0.2) is 4.68 Å². The summed E-state index contributed by atoms with van der Waals surface area (Å²) in [6.07, 6.45) is 2.84. The number of hydrogen-bond donors (Lipinski definition) is 1. The third-order valence-electron chi connectivity index (χ3n) is 3.49. The molecule has 3 rings (SSSR count). The van der Waals surface area contributed by atoms with Crippen molar-refractivity contribution in [2.45, 2.75) is 25.5 Å². The summed E-state index contributed by atoms with van der Waals surface area (Å²) in [5.74, 6) is 0.463. The molecular weight excluding hydrogens is 286 g/mol. The van der Waals surface area contributed by atoms with Crippen LogP contribution >= 0.6 is 0 Å². The Labute approximate surface area is 126 Å². The lowest BCUT2D eigenvalue weighted by Gasteiger charge is -2.11. The first-order chi connectivity index (χ1) is 10.7. The zero-order valence-electron chi connectivity index (χ0n) is 12.0. The lowest BCUT2D eigenvalue weighted by Crippen LogP contribution is -2.37. The molecule has 1 unspecified atom stereocenters. The van der Waals surface area contributed by atoms with Crippen molar-refractivity contribution < 1.29 is 13.9 Å². The predicted molar refractivity (Wildman–Crippen MR) is 78.2 cm³/mol. The van der Waals surface area contributed by atoms with Crippen molar-refractivity contribution >= 4 is 5.91 Å². The second kappa shape index (κ2) is 6.57. The number of hydrogen-bond acceptors (Lipinski definition) is 5. The van der Waals surface area contributed by atoms with Crippen LogP contribution in [-0.2, 0) is 16.1 Å². The van der Waals surface area contributed by atoms with Crippen LogP contribution in [0, 0.1) is 0 Å². The minimum absolute atomic E-state index is 0.132. The second-order valence-corrected chi connectivity index (χ2v) is 5.05. The quantitative estimate of drug-likeness (QED) is 0.883. The summed E-state index contributed by atoms with van der Waals surface area (Å²) in [5.41, 5.74) is 0.358. The van der Waals surface area contributed by atoms with Gasteiger partial charge in [-0.1, -0.05) is 0 Å². The summed E-state index contributed by atoms with van der Waals surface area (Å²) in [7, 11) is 0. The number of nitrogens with one attached hydrogen (secondary N) is 1. The van der Waals surface area contributed by atoms with Gasteiger partial charge in [-0.15, -0.1) is 0 Å². The number of nitrogens with zero attached hydrogens (tertiary/aromatic N) is 2. The molecular formula is C15H17N3O4. The van der Waals surface area contributed by atoms with E-state index in [1.54, 1.807) is 24.5 Å². The Kier molecular flexibility index (Phi) is 4.34. The van der Waals surface area contributed by atoms with E-state index < -0.39 is 0 Å². The van der Waals surface area contributed by atoms with Gasteiger partial charge < -0.3 is 14.5 Å². The molecule has 0 spiro atoms. The van der Waals surface area contributed by atoms with E-state index in [0.717, 1.165) is 12.8 Å². The van der Waals surface area contributed by atoms with Gasteiger partial charge in [-0.05, 0) is 31.0 Å². The molecule has 0 saturated carbocycles. The van der Waals surface area contributed by atoms with E-state index >= 15 is 0 Å². The van der Waals surface area contributed by atoms with Gasteiger partial charge in [0.25, 0.3) is 5.56 Å². The van der Waals surface area contributed by atoms with Crippen molar-refractivity contribution in [1.29, 1.82) is 0 Å². The molecule has 0 radical (unpaired) electrons. The topological polar surface area (TPSA) is 86.4 Å². The smallest absolute Gasteiger partial charge is 0.266 e. The molecule has 2 aromatic rings. The molecule has 0 aromatic carbocycles. The van der Waals surface area contributed by atoms with E-state index in [9.17, 15) is 9.59 Å². The van der Waals surface area contributed by atoms with E-state index in [-0.39, 0.29) is 17.6 Å². The Morgan fingerprint density at radius 2 is 2.32 bits per heavy atom. The molecule has 7 nitrogen and oxygen atoms in total. The van der Waals surface area contributed by atoms with Crippen LogP contribution in [0.4, 0.5) is 0 Å². The molecule has 2 aromatic heterocycles. The summed E-state index contributed by atoms with van der Waals surface area (Å²) in [6, 6.07) is 6.58. The summed E-state index contributed by atoms with van der Waals surface area (Å²) < 4.78 is 11.9. The van der Waals surface area contributed by atoms with Crippen LogP contribution in [0.3, 0.4) is 0 Å². The van der Waals surface area contributed by atoms with E-state index in [4.69, 9.17) is 9.15 Å². The van der Waals surface area contributed by atoms with Crippen LogP contribution in [-0.4, -0.2) is 34.9 Å². The number of amides is 1. The van der Waals surface area contributed by atoms with Gasteiger partial charge >= 0.3 is 0 Å². The number of furan rings is 1. The maximum atomic E-state index is 11.8. The lowest BCUT2D eigenvalue weighted by atomic mass is 10.2. The fourth-order valence-electron chi connectivity index (χ4n) is 2.35. The Morgan fingerprint density at radius 3 is 3.05 bits per heavy atom. The molecule has 1 amide bonds. The fraction of sp³-hybridized carbons (Fsp3) is 0.400. The Bertz CT molecular complexity index is 687. The molecule has 1 aliphatic rings. The number of rotatable bonds is 5. The van der Waals surface area contributed by atoms with Crippen molar-refractivity contribution in [2.75, 3.05) is 13.2 Å². The third-order valence-corrected chi connectivity index (χ3v) is 3.49. The molecule has 1 N–H and O–H groups in total. The van der Waals surface area contributed by atoms with Crippen LogP contribution in [0.1, 0.15) is 12.8 Å². The molecule has 0 aliphatic carbocycles. The van der Waals surface area contributed by atoms with Crippen molar-refractivity contribution in [1.82, 2.24) is 15.1 Å². The molecule has 22 heavy (non-hydrogen) atoms. The van der Waals surface area contributed by atoms with Gasteiger partial charge in [-0.2, -0.15) is 5.10 Å². The average molecular weight is 303 g/mol. The predicted octanol–water partition coefficient (Wildman–Crippen LogP) is 0.798. The number of aromatic nitrogens is 2. The molecule has 1 fully saturated rings. The number of carbonyl (C=O) groups excluding carboxylic acids is 1. The van der Waals surface area contributed by atoms with Gasteiger partial charge in [0, 0.05) is 19.2 Å². The molecule has 1 atom stereocenters. The summed E-state index contributed by atoms with van der Waals surface area (Å²) in [5, 5.41) is 7.00. The van der Waals surface area contributed by atoms with E-state index in [1.165, 1.54) is 10.7 Å². The van der Waals surface area contributed by atoms with Gasteiger partial charge in [0.15, 0.2) is 5.76 Å². The highest BCUT2D eigenvalue weighted by molar-refractivity contribution is 5.80. The highest BCUT2D eigenvalue weighted by Gasteiger charge is 2.22. The monoisotopic (exact) mass is 303 g/mol. The van der Waals surface area contributed by atoms with Gasteiger partial charge in [-0.3, -0.25) is 9.59 Å². The highest BCUT2D eigenvalue weighted by Crippen LogP contribution is 2.15. The Balaban J connectivity index is 1.61. The molecule has 1 saturated heterocycles. The normalized spacial score (nSPS) is 17.5. The first kappa shape index (κ1) is 14.5. The van der Waals surface area contributed by atoms with Crippen LogP contribution in [0.2, 0.25) is 0 Å². The largest absolute Gasteiger partial charge is 0.463 e. The van der Waals surface area contributed by atoms with Gasteiger partial charge in [0.05, 0.1) is 12.8 Å². The van der Waals surface area contributed by atoms with Crippen molar-refractivity contribution in [3.63, 3.8) is 0 Å². The molecule has 3 heterocycles. The van der Waals surface area contributed by atoms with E-state index in [1.807, 2.05) is 0 Å². The van der Waals surface area contributed by atoms with Crippen LogP contribution < -0.4 is 10.9 Å². The van der Waals surface area contributed by atoms with Crippen LogP contribution in [0.25, 0.3) is 11.5 Å². The first-order valence-corrected chi connectivity index (χ1v) is 7.25. The van der Waals surface area contributed by atoms with Crippen LogP contribution in [0.5, 0.6) is 0 Å². The fourth-order valence-corrected chi connectivity index (χ4v) is 2.35. The zero-order chi connectivity index (χ0) is 15.4. The maximum absolute atomic E-state index is 11.8. The molecule has 1 aliphatic heterocycles. The van der Waals surface area contributed by atoms with Crippen molar-refractivity contribution in [3.05, 3.63) is 40.9 Å². The first-order valence-electron chi connectivity index (χ1n) is 7.25. The third kappa shape index (κ3) is 3.25. The van der Waals surface area contributed by atoms with Crippen molar-refractivity contribution in [2.24, 2.45) is 0 Å². The minimum atomic E-state index is -0.362. The van der Waals surface area contributed by atoms with E-state index in [0.29, 0.717) is 31.2 Å². The minimum Gasteiger partial charge on any atom is -0.463 e. The molecule has 116 valence electrons. The summed E-state index contributed by atoms with van der Waals surface area (Å²) in [4.78, 5) is 23.6. The molecule has 0 bridgehead atoms. The highest BCUT2D eigenvalue weighted by atomic mass is 16.5.